The highest BCUT2D eigenvalue weighted by Gasteiger charge is 2.12. The lowest BCUT2D eigenvalue weighted by Gasteiger charge is -2.13. The monoisotopic (exact) mass is 329 g/mol. The van der Waals surface area contributed by atoms with Gasteiger partial charge in [0.25, 0.3) is 0 Å². The number of thioether (sulfide) groups is 1. The zero-order chi connectivity index (χ0) is 16.5. The maximum atomic E-state index is 12.1. The molecule has 0 fully saturated rings. The summed E-state index contributed by atoms with van der Waals surface area (Å²) in [5.74, 6) is 1.77. The molecule has 1 atom stereocenters. The van der Waals surface area contributed by atoms with Crippen molar-refractivity contribution < 1.29 is 9.53 Å². The fraction of sp³-hybridized carbons (Fsp3) is 0.316. The Balaban J connectivity index is 1.65. The maximum absolute atomic E-state index is 12.1. The van der Waals surface area contributed by atoms with E-state index in [9.17, 15) is 4.79 Å². The number of carbonyl (C=O) groups is 1. The largest absolute Gasteiger partial charge is 0.491 e. The van der Waals surface area contributed by atoms with Gasteiger partial charge < -0.3 is 10.1 Å². The van der Waals surface area contributed by atoms with Crippen LogP contribution in [0.4, 0.5) is 0 Å². The molecule has 0 aliphatic carbocycles. The molecule has 3 nitrogen and oxygen atoms in total. The summed E-state index contributed by atoms with van der Waals surface area (Å²) in [7, 11) is 0. The molecule has 0 saturated carbocycles. The first-order valence-electron chi connectivity index (χ1n) is 7.78. The molecular weight excluding hydrogens is 306 g/mol. The van der Waals surface area contributed by atoms with E-state index in [0.717, 1.165) is 17.1 Å². The fourth-order valence-electron chi connectivity index (χ4n) is 2.07. The smallest absolute Gasteiger partial charge is 0.232 e. The SMILES string of the molecule is Cc1ccccc1OCCNC(=O)[C@@H](C)SCc1ccccc1. The molecule has 0 unspecified atom stereocenters. The van der Waals surface area contributed by atoms with Crippen molar-refractivity contribution in [3.05, 3.63) is 65.7 Å². The number of hydrogen-bond donors (Lipinski definition) is 1. The van der Waals surface area contributed by atoms with E-state index in [4.69, 9.17) is 4.74 Å². The Morgan fingerprint density at radius 1 is 1.13 bits per heavy atom. The van der Waals surface area contributed by atoms with Crippen LogP contribution in [0.25, 0.3) is 0 Å². The molecule has 0 aromatic heterocycles. The van der Waals surface area contributed by atoms with Gasteiger partial charge in [0, 0.05) is 5.75 Å². The van der Waals surface area contributed by atoms with Crippen molar-refractivity contribution in [3.63, 3.8) is 0 Å². The first-order valence-corrected chi connectivity index (χ1v) is 8.83. The highest BCUT2D eigenvalue weighted by Crippen LogP contribution is 2.18. The van der Waals surface area contributed by atoms with Crippen molar-refractivity contribution in [1.29, 1.82) is 0 Å². The van der Waals surface area contributed by atoms with Gasteiger partial charge in [-0.25, -0.2) is 0 Å². The molecule has 0 aliphatic rings. The Morgan fingerprint density at radius 3 is 2.57 bits per heavy atom. The quantitative estimate of drug-likeness (QED) is 0.748. The number of nitrogens with one attached hydrogen (secondary N) is 1. The number of carbonyl (C=O) groups excluding carboxylic acids is 1. The van der Waals surface area contributed by atoms with Crippen molar-refractivity contribution in [1.82, 2.24) is 5.32 Å². The molecule has 2 aromatic carbocycles. The van der Waals surface area contributed by atoms with Gasteiger partial charge >= 0.3 is 0 Å². The number of para-hydroxylation sites is 1. The molecule has 0 spiro atoms. The predicted octanol–water partition coefficient (Wildman–Crippen LogP) is 3.81. The van der Waals surface area contributed by atoms with Crippen LogP contribution in [0.5, 0.6) is 5.75 Å². The summed E-state index contributed by atoms with van der Waals surface area (Å²) in [6.45, 7) is 4.94. The molecule has 0 aliphatic heterocycles. The Hall–Kier alpha value is -1.94. The van der Waals surface area contributed by atoms with Gasteiger partial charge in [-0.3, -0.25) is 4.79 Å². The molecule has 4 heteroatoms. The van der Waals surface area contributed by atoms with Crippen LogP contribution in [0.15, 0.2) is 54.6 Å². The minimum atomic E-state index is -0.0753. The number of aryl methyl sites for hydroxylation is 1. The van der Waals surface area contributed by atoms with Gasteiger partial charge in [-0.15, -0.1) is 11.8 Å². The highest BCUT2D eigenvalue weighted by atomic mass is 32.2. The first-order chi connectivity index (χ1) is 11.2. The van der Waals surface area contributed by atoms with Gasteiger partial charge in [0.1, 0.15) is 12.4 Å². The Morgan fingerprint density at radius 2 is 1.83 bits per heavy atom. The molecular formula is C19H23NO2S. The van der Waals surface area contributed by atoms with Gasteiger partial charge in [0.05, 0.1) is 11.8 Å². The summed E-state index contributed by atoms with van der Waals surface area (Å²) >= 11 is 1.64. The van der Waals surface area contributed by atoms with Crippen molar-refractivity contribution in [3.8, 4) is 5.75 Å². The maximum Gasteiger partial charge on any atom is 0.232 e. The van der Waals surface area contributed by atoms with Gasteiger partial charge in [-0.05, 0) is 31.0 Å². The van der Waals surface area contributed by atoms with E-state index in [2.05, 4.69) is 17.4 Å². The molecule has 0 radical (unpaired) electrons. The van der Waals surface area contributed by atoms with Crippen LogP contribution in [0.3, 0.4) is 0 Å². The average molecular weight is 329 g/mol. The number of ether oxygens (including phenoxy) is 1. The average Bonchev–Trinajstić information content (AvgIpc) is 2.58. The lowest BCUT2D eigenvalue weighted by atomic mass is 10.2. The van der Waals surface area contributed by atoms with Crippen LogP contribution in [-0.2, 0) is 10.5 Å². The normalized spacial score (nSPS) is 11.7. The highest BCUT2D eigenvalue weighted by molar-refractivity contribution is 7.99. The minimum absolute atomic E-state index is 0.0549. The van der Waals surface area contributed by atoms with Gasteiger partial charge in [-0.1, -0.05) is 48.5 Å². The van der Waals surface area contributed by atoms with Crippen molar-refractivity contribution in [2.75, 3.05) is 13.2 Å². The van der Waals surface area contributed by atoms with E-state index in [1.54, 1.807) is 11.8 Å². The lowest BCUT2D eigenvalue weighted by Crippen LogP contribution is -2.34. The van der Waals surface area contributed by atoms with Gasteiger partial charge in [0.15, 0.2) is 0 Å². The van der Waals surface area contributed by atoms with E-state index in [1.807, 2.05) is 56.3 Å². The van der Waals surface area contributed by atoms with Gasteiger partial charge in [0.2, 0.25) is 5.91 Å². The molecule has 2 rings (SSSR count). The van der Waals surface area contributed by atoms with Crippen LogP contribution in [0.2, 0.25) is 0 Å². The van der Waals surface area contributed by atoms with Crippen molar-refractivity contribution in [2.24, 2.45) is 0 Å². The summed E-state index contributed by atoms with van der Waals surface area (Å²) in [4.78, 5) is 12.1. The summed E-state index contributed by atoms with van der Waals surface area (Å²) in [5.41, 5.74) is 2.34. The Labute approximate surface area is 142 Å². The third-order valence-corrected chi connectivity index (χ3v) is 4.68. The second-order valence-electron chi connectivity index (χ2n) is 5.34. The third kappa shape index (κ3) is 5.99. The summed E-state index contributed by atoms with van der Waals surface area (Å²) in [6.07, 6.45) is 0. The number of benzene rings is 2. The summed E-state index contributed by atoms with van der Waals surface area (Å²) in [5, 5.41) is 2.85. The molecule has 0 saturated heterocycles. The lowest BCUT2D eigenvalue weighted by molar-refractivity contribution is -0.120. The number of rotatable bonds is 8. The minimum Gasteiger partial charge on any atom is -0.491 e. The zero-order valence-electron chi connectivity index (χ0n) is 13.6. The molecule has 23 heavy (non-hydrogen) atoms. The molecule has 0 heterocycles. The van der Waals surface area contributed by atoms with Crippen LogP contribution in [-0.4, -0.2) is 24.3 Å². The van der Waals surface area contributed by atoms with Crippen LogP contribution in [0.1, 0.15) is 18.1 Å². The van der Waals surface area contributed by atoms with E-state index < -0.39 is 0 Å². The van der Waals surface area contributed by atoms with Crippen LogP contribution in [0, 0.1) is 6.92 Å². The zero-order valence-corrected chi connectivity index (χ0v) is 14.4. The second-order valence-corrected chi connectivity index (χ2v) is 6.67. The van der Waals surface area contributed by atoms with E-state index in [-0.39, 0.29) is 11.2 Å². The van der Waals surface area contributed by atoms with Crippen molar-refractivity contribution >= 4 is 17.7 Å². The summed E-state index contributed by atoms with van der Waals surface area (Å²) < 4.78 is 5.67. The second kappa shape index (κ2) is 9.26. The molecule has 0 bridgehead atoms. The molecule has 122 valence electrons. The summed E-state index contributed by atoms with van der Waals surface area (Å²) in [6, 6.07) is 18.1. The topological polar surface area (TPSA) is 38.3 Å². The van der Waals surface area contributed by atoms with E-state index >= 15 is 0 Å². The van der Waals surface area contributed by atoms with Gasteiger partial charge in [-0.2, -0.15) is 0 Å². The molecule has 1 N–H and O–H groups in total. The Bertz CT molecular complexity index is 616. The van der Waals surface area contributed by atoms with E-state index in [0.29, 0.717) is 13.2 Å². The van der Waals surface area contributed by atoms with Crippen molar-refractivity contribution in [2.45, 2.75) is 24.9 Å². The van der Waals surface area contributed by atoms with E-state index in [1.165, 1.54) is 5.56 Å². The first kappa shape index (κ1) is 17.4. The standard InChI is InChI=1S/C19H23NO2S/c1-15-8-6-7-11-18(15)22-13-12-20-19(21)16(2)23-14-17-9-4-3-5-10-17/h3-11,16H,12-14H2,1-2H3,(H,20,21)/t16-/m1/s1. The Kier molecular flexibility index (Phi) is 7.01. The number of amides is 1. The predicted molar refractivity (Wildman–Crippen MR) is 96.9 cm³/mol. The van der Waals surface area contributed by atoms with Crippen LogP contribution >= 0.6 is 11.8 Å². The molecule has 1 amide bonds. The fourth-order valence-corrected chi connectivity index (χ4v) is 2.94. The number of hydrogen-bond acceptors (Lipinski definition) is 3. The third-order valence-electron chi connectivity index (χ3n) is 3.46. The molecule has 2 aromatic rings. The van der Waals surface area contributed by atoms with Crippen LogP contribution < -0.4 is 10.1 Å².